The Bertz CT molecular complexity index is 395. The van der Waals surface area contributed by atoms with Crippen molar-refractivity contribution in [3.05, 3.63) is 30.1 Å². The SMILES string of the molecule is OC1CC2CCC1CN2c1cccc(F)c1. The molecule has 0 aromatic heterocycles. The quantitative estimate of drug-likeness (QED) is 0.785. The van der Waals surface area contributed by atoms with Gasteiger partial charge in [-0.25, -0.2) is 4.39 Å². The van der Waals surface area contributed by atoms with E-state index < -0.39 is 0 Å². The summed E-state index contributed by atoms with van der Waals surface area (Å²) in [6.45, 7) is 0.870. The zero-order valence-corrected chi connectivity index (χ0v) is 9.14. The van der Waals surface area contributed by atoms with Gasteiger partial charge >= 0.3 is 0 Å². The van der Waals surface area contributed by atoms with Gasteiger partial charge in [0.15, 0.2) is 0 Å². The van der Waals surface area contributed by atoms with Crippen LogP contribution in [0.1, 0.15) is 19.3 Å². The molecule has 0 spiro atoms. The molecule has 0 amide bonds. The van der Waals surface area contributed by atoms with Crippen LogP contribution >= 0.6 is 0 Å². The van der Waals surface area contributed by atoms with Crippen LogP contribution in [0.3, 0.4) is 0 Å². The first-order chi connectivity index (χ1) is 7.74. The molecule has 2 aliphatic heterocycles. The molecule has 3 atom stereocenters. The van der Waals surface area contributed by atoms with Gasteiger partial charge in [-0.2, -0.15) is 0 Å². The van der Waals surface area contributed by atoms with Crippen LogP contribution in [-0.4, -0.2) is 23.8 Å². The Morgan fingerprint density at radius 2 is 2.19 bits per heavy atom. The molecule has 3 heteroatoms. The van der Waals surface area contributed by atoms with Gasteiger partial charge in [0, 0.05) is 24.2 Å². The van der Waals surface area contributed by atoms with Crippen molar-refractivity contribution in [2.75, 3.05) is 11.4 Å². The highest BCUT2D eigenvalue weighted by Crippen LogP contribution is 2.37. The highest BCUT2D eigenvalue weighted by molar-refractivity contribution is 5.48. The molecule has 2 bridgehead atoms. The van der Waals surface area contributed by atoms with Gasteiger partial charge in [0.05, 0.1) is 6.10 Å². The van der Waals surface area contributed by atoms with Gasteiger partial charge < -0.3 is 10.0 Å². The largest absolute Gasteiger partial charge is 0.393 e. The molecule has 1 saturated carbocycles. The first-order valence-electron chi connectivity index (χ1n) is 5.94. The van der Waals surface area contributed by atoms with Crippen molar-refractivity contribution in [3.63, 3.8) is 0 Å². The van der Waals surface area contributed by atoms with Gasteiger partial charge in [-0.15, -0.1) is 0 Å². The van der Waals surface area contributed by atoms with E-state index >= 15 is 0 Å². The first kappa shape index (κ1) is 10.1. The lowest BCUT2D eigenvalue weighted by Crippen LogP contribution is -2.54. The van der Waals surface area contributed by atoms with E-state index in [4.69, 9.17) is 0 Å². The molecule has 2 nitrogen and oxygen atoms in total. The fraction of sp³-hybridized carbons (Fsp3) is 0.538. The van der Waals surface area contributed by atoms with Crippen LogP contribution in [0, 0.1) is 11.7 Å². The summed E-state index contributed by atoms with van der Waals surface area (Å²) in [4.78, 5) is 2.25. The van der Waals surface area contributed by atoms with E-state index in [2.05, 4.69) is 4.90 Å². The minimum absolute atomic E-state index is 0.149. The molecular formula is C13H16FNO. The van der Waals surface area contributed by atoms with Crippen LogP contribution in [0.2, 0.25) is 0 Å². The second-order valence-electron chi connectivity index (χ2n) is 4.93. The van der Waals surface area contributed by atoms with Crippen molar-refractivity contribution in [2.45, 2.75) is 31.4 Å². The zero-order valence-electron chi connectivity index (χ0n) is 9.14. The third kappa shape index (κ3) is 1.59. The van der Waals surface area contributed by atoms with Crippen LogP contribution in [0.15, 0.2) is 24.3 Å². The summed E-state index contributed by atoms with van der Waals surface area (Å²) in [5.74, 6) is 0.188. The summed E-state index contributed by atoms with van der Waals surface area (Å²) in [7, 11) is 0. The molecular weight excluding hydrogens is 205 g/mol. The monoisotopic (exact) mass is 221 g/mol. The van der Waals surface area contributed by atoms with Crippen molar-refractivity contribution in [3.8, 4) is 0 Å². The summed E-state index contributed by atoms with van der Waals surface area (Å²) in [5, 5.41) is 9.82. The number of rotatable bonds is 1. The smallest absolute Gasteiger partial charge is 0.125 e. The second kappa shape index (κ2) is 3.74. The van der Waals surface area contributed by atoms with Gasteiger partial charge in [-0.05, 0) is 37.5 Å². The number of anilines is 1. The average Bonchev–Trinajstić information content (AvgIpc) is 2.29. The van der Waals surface area contributed by atoms with E-state index in [9.17, 15) is 9.50 Å². The number of aliphatic hydroxyl groups excluding tert-OH is 1. The fourth-order valence-corrected chi connectivity index (χ4v) is 3.06. The van der Waals surface area contributed by atoms with Gasteiger partial charge in [0.2, 0.25) is 0 Å². The maximum atomic E-state index is 13.2. The predicted octanol–water partition coefficient (Wildman–Crippen LogP) is 2.18. The van der Waals surface area contributed by atoms with E-state index in [0.717, 1.165) is 31.5 Å². The lowest BCUT2D eigenvalue weighted by Gasteiger charge is -2.49. The normalized spacial score (nSPS) is 33.1. The number of hydrogen-bond donors (Lipinski definition) is 1. The molecule has 1 N–H and O–H groups in total. The maximum absolute atomic E-state index is 13.2. The summed E-state index contributed by atoms with van der Waals surface area (Å²) in [5.41, 5.74) is 0.960. The summed E-state index contributed by atoms with van der Waals surface area (Å²) in [6.07, 6.45) is 2.92. The van der Waals surface area contributed by atoms with E-state index in [1.807, 2.05) is 6.07 Å². The Kier molecular flexibility index (Phi) is 2.36. The summed E-state index contributed by atoms with van der Waals surface area (Å²) < 4.78 is 13.2. The molecule has 3 unspecified atom stereocenters. The molecule has 1 aliphatic carbocycles. The molecule has 0 radical (unpaired) electrons. The summed E-state index contributed by atoms with van der Waals surface area (Å²) >= 11 is 0. The average molecular weight is 221 g/mol. The fourth-order valence-electron chi connectivity index (χ4n) is 3.06. The van der Waals surface area contributed by atoms with E-state index in [0.29, 0.717) is 12.0 Å². The van der Waals surface area contributed by atoms with Crippen LogP contribution in [0.25, 0.3) is 0 Å². The highest BCUT2D eigenvalue weighted by atomic mass is 19.1. The molecule has 2 saturated heterocycles. The predicted molar refractivity (Wildman–Crippen MR) is 60.9 cm³/mol. The Balaban J connectivity index is 1.87. The molecule has 3 fully saturated rings. The van der Waals surface area contributed by atoms with Gasteiger partial charge in [0.25, 0.3) is 0 Å². The van der Waals surface area contributed by atoms with Crippen LogP contribution in [0.5, 0.6) is 0 Å². The van der Waals surface area contributed by atoms with E-state index in [-0.39, 0.29) is 11.9 Å². The third-order valence-electron chi connectivity index (χ3n) is 3.94. The Hall–Kier alpha value is -1.09. The number of fused-ring (bicyclic) bond motifs is 3. The molecule has 1 aromatic rings. The third-order valence-corrected chi connectivity index (χ3v) is 3.94. The molecule has 1 aromatic carbocycles. The molecule has 3 aliphatic rings. The zero-order chi connectivity index (χ0) is 11.1. The lowest BCUT2D eigenvalue weighted by molar-refractivity contribution is 0.0373. The van der Waals surface area contributed by atoms with Crippen molar-refractivity contribution in [2.24, 2.45) is 5.92 Å². The van der Waals surface area contributed by atoms with Crippen molar-refractivity contribution < 1.29 is 9.50 Å². The van der Waals surface area contributed by atoms with Crippen LogP contribution in [-0.2, 0) is 0 Å². The first-order valence-corrected chi connectivity index (χ1v) is 5.94. The number of aliphatic hydroxyl groups is 1. The second-order valence-corrected chi connectivity index (χ2v) is 4.93. The van der Waals surface area contributed by atoms with Crippen LogP contribution in [0.4, 0.5) is 10.1 Å². The molecule has 16 heavy (non-hydrogen) atoms. The van der Waals surface area contributed by atoms with Crippen LogP contribution < -0.4 is 4.90 Å². The molecule has 2 heterocycles. The Morgan fingerprint density at radius 1 is 1.31 bits per heavy atom. The number of piperidine rings is 2. The van der Waals surface area contributed by atoms with Crippen molar-refractivity contribution in [1.29, 1.82) is 0 Å². The lowest BCUT2D eigenvalue weighted by atomic mass is 9.77. The maximum Gasteiger partial charge on any atom is 0.125 e. The van der Waals surface area contributed by atoms with Gasteiger partial charge in [-0.3, -0.25) is 0 Å². The van der Waals surface area contributed by atoms with E-state index in [1.54, 1.807) is 12.1 Å². The standard InChI is InChI=1S/C13H16FNO/c14-10-2-1-3-11(6-10)15-8-9-4-5-12(15)7-13(9)16/h1-3,6,9,12-13,16H,4-5,7-8H2. The van der Waals surface area contributed by atoms with E-state index in [1.165, 1.54) is 6.07 Å². The number of nitrogens with zero attached hydrogens (tertiary/aromatic N) is 1. The number of benzene rings is 1. The highest BCUT2D eigenvalue weighted by Gasteiger charge is 2.39. The van der Waals surface area contributed by atoms with Gasteiger partial charge in [-0.1, -0.05) is 6.07 Å². The molecule has 86 valence electrons. The Morgan fingerprint density at radius 3 is 2.81 bits per heavy atom. The number of hydrogen-bond acceptors (Lipinski definition) is 2. The summed E-state index contributed by atoms with van der Waals surface area (Å²) in [6, 6.07) is 7.16. The van der Waals surface area contributed by atoms with Gasteiger partial charge in [0.1, 0.15) is 5.82 Å². The number of halogens is 1. The minimum Gasteiger partial charge on any atom is -0.393 e. The van der Waals surface area contributed by atoms with Crippen molar-refractivity contribution in [1.82, 2.24) is 0 Å². The van der Waals surface area contributed by atoms with Crippen molar-refractivity contribution >= 4 is 5.69 Å². The Labute approximate surface area is 94.7 Å². The topological polar surface area (TPSA) is 23.5 Å². The minimum atomic E-state index is -0.181. The molecule has 4 rings (SSSR count).